The Labute approximate surface area is 184 Å². The number of carbonyl (C=O) groups is 1. The van der Waals surface area contributed by atoms with Crippen molar-refractivity contribution in [2.75, 3.05) is 5.32 Å². The first-order chi connectivity index (χ1) is 15.0. The standard InChI is InChI=1S/C22H23N5O3S/c1-4-18(21(28)23-19-12-14(2)30-26-19)31-22-25-24-20(17-10-11-29-15(17)3)27(22)13-16-8-6-5-7-9-16/h5-12,18H,4,13H2,1-3H3,(H,23,26,28). The van der Waals surface area contributed by atoms with Crippen LogP contribution in [0.2, 0.25) is 0 Å². The van der Waals surface area contributed by atoms with Gasteiger partial charge in [0.25, 0.3) is 0 Å². The smallest absolute Gasteiger partial charge is 0.239 e. The van der Waals surface area contributed by atoms with Crippen molar-refractivity contribution in [3.05, 3.63) is 65.8 Å². The van der Waals surface area contributed by atoms with Gasteiger partial charge in [-0.1, -0.05) is 54.2 Å². The molecule has 0 radical (unpaired) electrons. The van der Waals surface area contributed by atoms with E-state index in [-0.39, 0.29) is 11.2 Å². The van der Waals surface area contributed by atoms with Crippen LogP contribution in [0, 0.1) is 13.8 Å². The van der Waals surface area contributed by atoms with Gasteiger partial charge in [0, 0.05) is 6.07 Å². The Kier molecular flexibility index (Phi) is 6.22. The minimum absolute atomic E-state index is 0.156. The molecule has 0 aliphatic carbocycles. The predicted octanol–water partition coefficient (Wildman–Crippen LogP) is 4.70. The molecule has 0 fully saturated rings. The topological polar surface area (TPSA) is 99.0 Å². The SMILES string of the molecule is CCC(Sc1nnc(-c2ccoc2C)n1Cc1ccccc1)C(=O)Nc1cc(C)on1. The number of furan rings is 1. The second kappa shape index (κ2) is 9.22. The monoisotopic (exact) mass is 437 g/mol. The molecule has 0 spiro atoms. The van der Waals surface area contributed by atoms with E-state index >= 15 is 0 Å². The first-order valence-electron chi connectivity index (χ1n) is 9.97. The third kappa shape index (κ3) is 4.72. The van der Waals surface area contributed by atoms with Gasteiger partial charge < -0.3 is 14.3 Å². The fourth-order valence-corrected chi connectivity index (χ4v) is 4.14. The fourth-order valence-electron chi connectivity index (χ4n) is 3.18. The van der Waals surface area contributed by atoms with Crippen molar-refractivity contribution in [1.82, 2.24) is 19.9 Å². The molecular weight excluding hydrogens is 414 g/mol. The second-order valence-electron chi connectivity index (χ2n) is 7.10. The number of amides is 1. The lowest BCUT2D eigenvalue weighted by molar-refractivity contribution is -0.115. The molecule has 1 aromatic carbocycles. The third-order valence-corrected chi connectivity index (χ3v) is 6.13. The highest BCUT2D eigenvalue weighted by Gasteiger charge is 2.25. The van der Waals surface area contributed by atoms with Crippen LogP contribution < -0.4 is 5.32 Å². The van der Waals surface area contributed by atoms with Gasteiger partial charge in [0.05, 0.1) is 23.6 Å². The minimum atomic E-state index is -0.367. The molecule has 0 bridgehead atoms. The molecule has 4 aromatic rings. The van der Waals surface area contributed by atoms with Gasteiger partial charge in [-0.05, 0) is 31.9 Å². The molecule has 0 aliphatic heterocycles. The zero-order valence-corrected chi connectivity index (χ0v) is 18.3. The molecule has 0 aliphatic rings. The quantitative estimate of drug-likeness (QED) is 0.399. The first kappa shape index (κ1) is 20.9. The lowest BCUT2D eigenvalue weighted by Crippen LogP contribution is -2.25. The Morgan fingerprint density at radius 3 is 2.65 bits per heavy atom. The van der Waals surface area contributed by atoms with E-state index < -0.39 is 0 Å². The number of anilines is 1. The third-order valence-electron chi connectivity index (χ3n) is 4.79. The molecule has 3 aromatic heterocycles. The summed E-state index contributed by atoms with van der Waals surface area (Å²) in [5.41, 5.74) is 1.99. The van der Waals surface area contributed by atoms with Gasteiger partial charge in [0.2, 0.25) is 5.91 Å². The molecular formula is C22H23N5O3S. The van der Waals surface area contributed by atoms with Gasteiger partial charge in [-0.15, -0.1) is 10.2 Å². The van der Waals surface area contributed by atoms with Crippen molar-refractivity contribution in [3.63, 3.8) is 0 Å². The van der Waals surface area contributed by atoms with E-state index in [2.05, 4.69) is 32.8 Å². The number of nitrogens with zero attached hydrogens (tertiary/aromatic N) is 4. The second-order valence-corrected chi connectivity index (χ2v) is 8.27. The lowest BCUT2D eigenvalue weighted by Gasteiger charge is -2.15. The van der Waals surface area contributed by atoms with E-state index in [0.717, 1.165) is 16.9 Å². The molecule has 9 heteroatoms. The summed E-state index contributed by atoms with van der Waals surface area (Å²) in [6.07, 6.45) is 2.26. The maximum atomic E-state index is 12.8. The summed E-state index contributed by atoms with van der Waals surface area (Å²) < 4.78 is 12.5. The molecule has 1 atom stereocenters. The number of thioether (sulfide) groups is 1. The fraction of sp³-hybridized carbons (Fsp3) is 0.273. The number of rotatable bonds is 8. The van der Waals surface area contributed by atoms with E-state index in [4.69, 9.17) is 8.94 Å². The van der Waals surface area contributed by atoms with Gasteiger partial charge in [-0.25, -0.2) is 0 Å². The number of carbonyl (C=O) groups excluding carboxylic acids is 1. The first-order valence-corrected chi connectivity index (χ1v) is 10.9. The van der Waals surface area contributed by atoms with E-state index in [1.165, 1.54) is 11.8 Å². The zero-order valence-electron chi connectivity index (χ0n) is 17.5. The van der Waals surface area contributed by atoms with Crippen molar-refractivity contribution < 1.29 is 13.7 Å². The van der Waals surface area contributed by atoms with Crippen LogP contribution in [-0.2, 0) is 11.3 Å². The van der Waals surface area contributed by atoms with Crippen LogP contribution in [0.3, 0.4) is 0 Å². The van der Waals surface area contributed by atoms with Crippen molar-refractivity contribution in [3.8, 4) is 11.4 Å². The van der Waals surface area contributed by atoms with Gasteiger partial charge in [0.1, 0.15) is 11.5 Å². The van der Waals surface area contributed by atoms with Gasteiger partial charge in [-0.2, -0.15) is 0 Å². The molecule has 1 unspecified atom stereocenters. The molecule has 8 nitrogen and oxygen atoms in total. The maximum absolute atomic E-state index is 12.8. The van der Waals surface area contributed by atoms with E-state index in [9.17, 15) is 4.79 Å². The highest BCUT2D eigenvalue weighted by atomic mass is 32.2. The van der Waals surface area contributed by atoms with E-state index in [0.29, 0.717) is 35.5 Å². The van der Waals surface area contributed by atoms with Crippen LogP contribution >= 0.6 is 11.8 Å². The Morgan fingerprint density at radius 2 is 2.00 bits per heavy atom. The summed E-state index contributed by atoms with van der Waals surface area (Å²) in [4.78, 5) is 12.8. The summed E-state index contributed by atoms with van der Waals surface area (Å²) in [6.45, 7) is 6.22. The van der Waals surface area contributed by atoms with Crippen molar-refractivity contribution in [1.29, 1.82) is 0 Å². The minimum Gasteiger partial charge on any atom is -0.469 e. The summed E-state index contributed by atoms with van der Waals surface area (Å²) in [7, 11) is 0. The number of nitrogens with one attached hydrogen (secondary N) is 1. The number of benzene rings is 1. The highest BCUT2D eigenvalue weighted by molar-refractivity contribution is 8.00. The summed E-state index contributed by atoms with van der Waals surface area (Å²) >= 11 is 1.38. The number of aromatic nitrogens is 4. The van der Waals surface area contributed by atoms with Gasteiger partial charge in [0.15, 0.2) is 16.8 Å². The van der Waals surface area contributed by atoms with Gasteiger partial charge in [-0.3, -0.25) is 9.36 Å². The predicted molar refractivity (Wildman–Crippen MR) is 118 cm³/mol. The van der Waals surface area contributed by atoms with Crippen LogP contribution in [-0.4, -0.2) is 31.1 Å². The average molecular weight is 438 g/mol. The molecule has 3 heterocycles. The Bertz CT molecular complexity index is 1170. The molecule has 4 rings (SSSR count). The molecule has 0 saturated heterocycles. The summed E-state index contributed by atoms with van der Waals surface area (Å²) in [6, 6.07) is 13.7. The normalized spacial score (nSPS) is 12.1. The van der Waals surface area contributed by atoms with Gasteiger partial charge >= 0.3 is 0 Å². The zero-order chi connectivity index (χ0) is 21.8. The Hall–Kier alpha value is -3.33. The van der Waals surface area contributed by atoms with Crippen LogP contribution in [0.5, 0.6) is 0 Å². The Balaban J connectivity index is 1.62. The number of aryl methyl sites for hydroxylation is 2. The largest absolute Gasteiger partial charge is 0.469 e. The average Bonchev–Trinajstić information content (AvgIpc) is 3.47. The molecule has 1 N–H and O–H groups in total. The van der Waals surface area contributed by atoms with Crippen LogP contribution in [0.4, 0.5) is 5.82 Å². The summed E-state index contributed by atoms with van der Waals surface area (Å²) in [5, 5.41) is 15.8. The van der Waals surface area contributed by atoms with Crippen LogP contribution in [0.1, 0.15) is 30.4 Å². The number of hydrogen-bond donors (Lipinski definition) is 1. The molecule has 31 heavy (non-hydrogen) atoms. The highest BCUT2D eigenvalue weighted by Crippen LogP contribution is 2.31. The van der Waals surface area contributed by atoms with E-state index in [1.807, 2.05) is 42.7 Å². The molecule has 0 saturated carbocycles. The number of hydrogen-bond acceptors (Lipinski definition) is 7. The molecule has 1 amide bonds. The van der Waals surface area contributed by atoms with Crippen molar-refractivity contribution >= 4 is 23.5 Å². The summed E-state index contributed by atoms with van der Waals surface area (Å²) in [5.74, 6) is 2.36. The van der Waals surface area contributed by atoms with Crippen LogP contribution in [0.25, 0.3) is 11.4 Å². The molecule has 160 valence electrons. The van der Waals surface area contributed by atoms with E-state index in [1.54, 1.807) is 19.3 Å². The maximum Gasteiger partial charge on any atom is 0.239 e. The van der Waals surface area contributed by atoms with Crippen molar-refractivity contribution in [2.45, 2.75) is 44.1 Å². The van der Waals surface area contributed by atoms with Crippen LogP contribution in [0.15, 0.2) is 62.8 Å². The van der Waals surface area contributed by atoms with Crippen molar-refractivity contribution in [2.24, 2.45) is 0 Å². The Morgan fingerprint density at radius 1 is 1.19 bits per heavy atom. The lowest BCUT2D eigenvalue weighted by atomic mass is 10.2.